The summed E-state index contributed by atoms with van der Waals surface area (Å²) < 4.78 is 0. The highest BCUT2D eigenvalue weighted by atomic mass is 35.5. The molecule has 3 rings (SSSR count). The Morgan fingerprint density at radius 2 is 1.76 bits per heavy atom. The quantitative estimate of drug-likeness (QED) is 0.605. The summed E-state index contributed by atoms with van der Waals surface area (Å²) in [6, 6.07) is 18.8. The number of hydrogen-bond donors (Lipinski definition) is 2. The van der Waals surface area contributed by atoms with E-state index in [1.807, 2.05) is 42.5 Å². The summed E-state index contributed by atoms with van der Waals surface area (Å²) in [6.45, 7) is 0. The van der Waals surface area contributed by atoms with E-state index in [9.17, 15) is 4.79 Å². The summed E-state index contributed by atoms with van der Waals surface area (Å²) >= 11 is 17.1. The molecule has 0 spiro atoms. The van der Waals surface area contributed by atoms with Crippen molar-refractivity contribution in [2.24, 2.45) is 0 Å². The molecule has 0 saturated heterocycles. The smallest absolute Gasteiger partial charge is 0.230 e. The molecule has 0 atom stereocenters. The minimum absolute atomic E-state index is 0.189. The summed E-state index contributed by atoms with van der Waals surface area (Å²) in [5, 5.41) is 8.87. The van der Waals surface area contributed by atoms with Crippen molar-refractivity contribution in [1.82, 2.24) is 5.32 Å². The summed E-state index contributed by atoms with van der Waals surface area (Å²) in [5.41, 5.74) is 1.53. The van der Waals surface area contributed by atoms with Gasteiger partial charge in [-0.05, 0) is 46.8 Å². The molecule has 0 unspecified atom stereocenters. The maximum absolute atomic E-state index is 12.3. The molecule has 3 aromatic rings. The summed E-state index contributed by atoms with van der Waals surface area (Å²) in [6.07, 6.45) is 0.234. The third-order valence-corrected chi connectivity index (χ3v) is 4.42. The maximum atomic E-state index is 12.3. The van der Waals surface area contributed by atoms with E-state index >= 15 is 0 Å². The van der Waals surface area contributed by atoms with Crippen LogP contribution in [0.3, 0.4) is 0 Å². The van der Waals surface area contributed by atoms with Gasteiger partial charge in [-0.2, -0.15) is 0 Å². The lowest BCUT2D eigenvalue weighted by molar-refractivity contribution is -0.119. The Morgan fingerprint density at radius 3 is 2.56 bits per heavy atom. The first-order valence-corrected chi connectivity index (χ1v) is 8.72. The van der Waals surface area contributed by atoms with Crippen LogP contribution >= 0.6 is 35.4 Å². The standard InChI is InChI=1S/C19H14Cl2N2OS/c20-14-8-9-17(16(21)11-14)22-19(25)23-18(24)10-13-6-3-5-12-4-1-2-7-15(12)13/h1-9,11H,10H2,(H2,22,23,24,25). The van der Waals surface area contributed by atoms with Crippen molar-refractivity contribution in [3.05, 3.63) is 76.3 Å². The van der Waals surface area contributed by atoms with Crippen molar-refractivity contribution < 1.29 is 4.79 Å². The zero-order chi connectivity index (χ0) is 17.8. The van der Waals surface area contributed by atoms with E-state index in [4.69, 9.17) is 35.4 Å². The summed E-state index contributed by atoms with van der Waals surface area (Å²) in [7, 11) is 0. The fourth-order valence-corrected chi connectivity index (χ4v) is 3.21. The highest BCUT2D eigenvalue weighted by Gasteiger charge is 2.10. The van der Waals surface area contributed by atoms with Gasteiger partial charge in [0.2, 0.25) is 5.91 Å². The number of hydrogen-bond acceptors (Lipinski definition) is 2. The Bertz CT molecular complexity index is 954. The Kier molecular flexibility index (Phi) is 5.53. The Labute approximate surface area is 160 Å². The van der Waals surface area contributed by atoms with E-state index in [2.05, 4.69) is 10.6 Å². The van der Waals surface area contributed by atoms with Crippen molar-refractivity contribution >= 4 is 62.9 Å². The molecule has 3 aromatic carbocycles. The minimum Gasteiger partial charge on any atom is -0.331 e. The normalized spacial score (nSPS) is 10.5. The molecule has 126 valence electrons. The van der Waals surface area contributed by atoms with E-state index in [-0.39, 0.29) is 17.4 Å². The fraction of sp³-hybridized carbons (Fsp3) is 0.0526. The number of carbonyl (C=O) groups is 1. The second kappa shape index (κ2) is 7.83. The van der Waals surface area contributed by atoms with Crippen molar-refractivity contribution in [3.63, 3.8) is 0 Å². The number of anilines is 1. The van der Waals surface area contributed by atoms with Crippen LogP contribution in [0.5, 0.6) is 0 Å². The van der Waals surface area contributed by atoms with Crippen LogP contribution in [0.1, 0.15) is 5.56 Å². The van der Waals surface area contributed by atoms with Gasteiger partial charge < -0.3 is 10.6 Å². The van der Waals surface area contributed by atoms with E-state index in [1.54, 1.807) is 18.2 Å². The van der Waals surface area contributed by atoms with Gasteiger partial charge in [-0.15, -0.1) is 0 Å². The van der Waals surface area contributed by atoms with Crippen molar-refractivity contribution in [2.45, 2.75) is 6.42 Å². The molecule has 1 amide bonds. The molecular weight excluding hydrogens is 375 g/mol. The molecule has 0 aromatic heterocycles. The lowest BCUT2D eigenvalue weighted by Crippen LogP contribution is -2.35. The highest BCUT2D eigenvalue weighted by molar-refractivity contribution is 7.80. The van der Waals surface area contributed by atoms with E-state index < -0.39 is 0 Å². The maximum Gasteiger partial charge on any atom is 0.230 e. The molecular formula is C19H14Cl2N2OS. The number of nitrogens with one attached hydrogen (secondary N) is 2. The topological polar surface area (TPSA) is 41.1 Å². The molecule has 0 aliphatic heterocycles. The van der Waals surface area contributed by atoms with Crippen LogP contribution in [0.2, 0.25) is 10.0 Å². The monoisotopic (exact) mass is 388 g/mol. The number of halogens is 2. The van der Waals surface area contributed by atoms with Gasteiger partial charge in [0.05, 0.1) is 17.1 Å². The first-order valence-electron chi connectivity index (χ1n) is 7.55. The van der Waals surface area contributed by atoms with E-state index in [0.29, 0.717) is 15.7 Å². The van der Waals surface area contributed by atoms with Crippen molar-refractivity contribution in [2.75, 3.05) is 5.32 Å². The number of amides is 1. The number of carbonyl (C=O) groups excluding carboxylic acids is 1. The van der Waals surface area contributed by atoms with Crippen LogP contribution in [0.25, 0.3) is 10.8 Å². The molecule has 25 heavy (non-hydrogen) atoms. The molecule has 0 radical (unpaired) electrons. The van der Waals surface area contributed by atoms with E-state index in [0.717, 1.165) is 16.3 Å². The van der Waals surface area contributed by atoms with Gasteiger partial charge in [-0.25, -0.2) is 0 Å². The van der Waals surface area contributed by atoms with Gasteiger partial charge in [-0.3, -0.25) is 4.79 Å². The average Bonchev–Trinajstić information content (AvgIpc) is 2.57. The molecule has 0 saturated carbocycles. The fourth-order valence-electron chi connectivity index (χ4n) is 2.53. The SMILES string of the molecule is O=C(Cc1cccc2ccccc12)NC(=S)Nc1ccc(Cl)cc1Cl. The predicted molar refractivity (Wildman–Crippen MR) is 108 cm³/mol. The third-order valence-electron chi connectivity index (χ3n) is 3.66. The van der Waals surface area contributed by atoms with Gasteiger partial charge in [0.25, 0.3) is 0 Å². The Hall–Kier alpha value is -2.14. The van der Waals surface area contributed by atoms with Crippen molar-refractivity contribution in [3.8, 4) is 0 Å². The van der Waals surface area contributed by atoms with Crippen LogP contribution in [0.15, 0.2) is 60.7 Å². The number of thiocarbonyl (C=S) groups is 1. The van der Waals surface area contributed by atoms with E-state index in [1.165, 1.54) is 0 Å². The zero-order valence-electron chi connectivity index (χ0n) is 13.1. The van der Waals surface area contributed by atoms with Gasteiger partial charge in [0, 0.05) is 5.02 Å². The van der Waals surface area contributed by atoms with Gasteiger partial charge in [0.1, 0.15) is 0 Å². The van der Waals surface area contributed by atoms with Crippen LogP contribution in [-0.2, 0) is 11.2 Å². The summed E-state index contributed by atoms with van der Waals surface area (Å²) in [5.74, 6) is -0.195. The number of benzene rings is 3. The molecule has 0 fully saturated rings. The summed E-state index contributed by atoms with van der Waals surface area (Å²) in [4.78, 5) is 12.3. The molecule has 3 nitrogen and oxygen atoms in total. The molecule has 2 N–H and O–H groups in total. The molecule has 0 bridgehead atoms. The third kappa shape index (κ3) is 4.48. The van der Waals surface area contributed by atoms with Crippen LogP contribution in [-0.4, -0.2) is 11.0 Å². The lowest BCUT2D eigenvalue weighted by Gasteiger charge is -2.12. The van der Waals surface area contributed by atoms with Crippen LogP contribution < -0.4 is 10.6 Å². The van der Waals surface area contributed by atoms with Gasteiger partial charge in [0.15, 0.2) is 5.11 Å². The average molecular weight is 389 g/mol. The first kappa shape index (κ1) is 17.7. The Balaban J connectivity index is 1.66. The Morgan fingerprint density at radius 1 is 1.00 bits per heavy atom. The van der Waals surface area contributed by atoms with Crippen molar-refractivity contribution in [1.29, 1.82) is 0 Å². The first-order chi connectivity index (χ1) is 12.0. The van der Waals surface area contributed by atoms with Gasteiger partial charge in [-0.1, -0.05) is 65.7 Å². The largest absolute Gasteiger partial charge is 0.331 e. The molecule has 0 heterocycles. The second-order valence-corrected chi connectivity index (χ2v) is 6.69. The van der Waals surface area contributed by atoms with Crippen LogP contribution in [0, 0.1) is 0 Å². The number of fused-ring (bicyclic) bond motifs is 1. The zero-order valence-corrected chi connectivity index (χ0v) is 15.4. The minimum atomic E-state index is -0.195. The molecule has 0 aliphatic carbocycles. The highest BCUT2D eigenvalue weighted by Crippen LogP contribution is 2.25. The molecule has 6 heteroatoms. The van der Waals surface area contributed by atoms with Crippen LogP contribution in [0.4, 0.5) is 5.69 Å². The molecule has 0 aliphatic rings. The number of rotatable bonds is 3. The lowest BCUT2D eigenvalue weighted by atomic mass is 10.0. The van der Waals surface area contributed by atoms with Gasteiger partial charge >= 0.3 is 0 Å². The predicted octanol–water partition coefficient (Wildman–Crippen LogP) is 5.20. The second-order valence-electron chi connectivity index (χ2n) is 5.44.